The van der Waals surface area contributed by atoms with Gasteiger partial charge in [-0.2, -0.15) is 0 Å². The first-order chi connectivity index (χ1) is 16.3. The van der Waals surface area contributed by atoms with Crippen molar-refractivity contribution < 1.29 is 24.2 Å². The maximum atomic E-state index is 12.3. The molecule has 0 radical (unpaired) electrons. The van der Waals surface area contributed by atoms with Gasteiger partial charge in [-0.15, -0.1) is 0 Å². The number of carboxylic acid groups (broad SMARTS) is 1. The van der Waals surface area contributed by atoms with Crippen LogP contribution in [-0.2, 0) is 14.3 Å². The third-order valence-corrected chi connectivity index (χ3v) is 6.12. The van der Waals surface area contributed by atoms with Crippen LogP contribution in [0.4, 0.5) is 4.79 Å². The molecule has 2 atom stereocenters. The van der Waals surface area contributed by atoms with Crippen LogP contribution in [0.25, 0.3) is 11.1 Å². The van der Waals surface area contributed by atoms with Gasteiger partial charge in [-0.05, 0) is 46.9 Å². The number of alkyl carbamates (subject to hydrolysis) is 1. The lowest BCUT2D eigenvalue weighted by Crippen LogP contribution is -2.42. The van der Waals surface area contributed by atoms with Gasteiger partial charge in [0.2, 0.25) is 5.91 Å². The van der Waals surface area contributed by atoms with Crippen LogP contribution in [0.5, 0.6) is 0 Å². The number of rotatable bonds is 11. The summed E-state index contributed by atoms with van der Waals surface area (Å²) in [5.74, 6) is -1.15. The molecule has 0 spiro atoms. The van der Waals surface area contributed by atoms with Gasteiger partial charge in [0.15, 0.2) is 0 Å². The second kappa shape index (κ2) is 11.7. The summed E-state index contributed by atoms with van der Waals surface area (Å²) in [4.78, 5) is 35.8. The number of carbonyl (C=O) groups excluding carboxylic acids is 2. The molecule has 3 rings (SSSR count). The largest absolute Gasteiger partial charge is 0.480 e. The van der Waals surface area contributed by atoms with Gasteiger partial charge in [0.1, 0.15) is 12.6 Å². The predicted molar refractivity (Wildman–Crippen MR) is 130 cm³/mol. The Balaban J connectivity index is 1.41. The molecule has 0 bridgehead atoms. The number of carbonyl (C=O) groups is 3. The first kappa shape index (κ1) is 25.3. The number of benzene rings is 2. The van der Waals surface area contributed by atoms with E-state index >= 15 is 0 Å². The molecule has 3 N–H and O–H groups in total. The lowest BCUT2D eigenvalue weighted by Gasteiger charge is -2.18. The van der Waals surface area contributed by atoms with Crippen molar-refractivity contribution >= 4 is 18.0 Å². The number of amides is 2. The standard InChI is InChI=1S/C27H34N2O5/c1-17(2)14-24(26(31)32)29-25(30)15-18(3)12-13-28-27(33)34-16-23-21-10-6-4-8-19(21)20-9-5-7-11-22(20)23/h4-11,17-18,23-24H,12-16H2,1-3H3,(H,28,33)(H,29,30)(H,31,32)/t18?,24-/m1/s1. The Morgan fingerprint density at radius 2 is 1.56 bits per heavy atom. The van der Waals surface area contributed by atoms with E-state index in [0.717, 1.165) is 11.1 Å². The molecule has 2 aromatic rings. The van der Waals surface area contributed by atoms with Crippen molar-refractivity contribution in [3.63, 3.8) is 0 Å². The molecule has 2 aromatic carbocycles. The highest BCUT2D eigenvalue weighted by atomic mass is 16.5. The van der Waals surface area contributed by atoms with Crippen LogP contribution in [0, 0.1) is 11.8 Å². The number of aliphatic carboxylic acids is 1. The van der Waals surface area contributed by atoms with E-state index in [2.05, 4.69) is 34.9 Å². The summed E-state index contributed by atoms with van der Waals surface area (Å²) in [5.41, 5.74) is 4.68. The van der Waals surface area contributed by atoms with Crippen LogP contribution >= 0.6 is 0 Å². The first-order valence-electron chi connectivity index (χ1n) is 11.9. The average Bonchev–Trinajstić information content (AvgIpc) is 3.10. The molecule has 34 heavy (non-hydrogen) atoms. The highest BCUT2D eigenvalue weighted by molar-refractivity contribution is 5.83. The Bertz CT molecular complexity index is 974. The van der Waals surface area contributed by atoms with Gasteiger partial charge in [0.25, 0.3) is 0 Å². The lowest BCUT2D eigenvalue weighted by atomic mass is 9.98. The van der Waals surface area contributed by atoms with Gasteiger partial charge in [0.05, 0.1) is 0 Å². The fraction of sp³-hybridized carbons (Fsp3) is 0.444. The third kappa shape index (κ3) is 6.59. The lowest BCUT2D eigenvalue weighted by molar-refractivity contribution is -0.142. The van der Waals surface area contributed by atoms with E-state index in [1.54, 1.807) is 0 Å². The summed E-state index contributed by atoms with van der Waals surface area (Å²) in [5, 5.41) is 14.6. The van der Waals surface area contributed by atoms with Crippen LogP contribution in [-0.4, -0.2) is 42.3 Å². The van der Waals surface area contributed by atoms with Crippen molar-refractivity contribution in [2.75, 3.05) is 13.2 Å². The summed E-state index contributed by atoms with van der Waals surface area (Å²) >= 11 is 0. The topological polar surface area (TPSA) is 105 Å². The molecule has 182 valence electrons. The average molecular weight is 467 g/mol. The van der Waals surface area contributed by atoms with Crippen LogP contribution in [0.2, 0.25) is 0 Å². The minimum Gasteiger partial charge on any atom is -0.480 e. The molecular formula is C27H34N2O5. The van der Waals surface area contributed by atoms with Crippen molar-refractivity contribution in [3.8, 4) is 11.1 Å². The molecule has 0 saturated carbocycles. The molecule has 0 aliphatic heterocycles. The molecule has 0 aromatic heterocycles. The Morgan fingerprint density at radius 3 is 2.12 bits per heavy atom. The van der Waals surface area contributed by atoms with E-state index in [1.165, 1.54) is 11.1 Å². The van der Waals surface area contributed by atoms with E-state index in [1.807, 2.05) is 45.0 Å². The van der Waals surface area contributed by atoms with Gasteiger partial charge in [-0.3, -0.25) is 4.79 Å². The molecule has 7 nitrogen and oxygen atoms in total. The minimum atomic E-state index is -1.02. The van der Waals surface area contributed by atoms with Crippen LogP contribution in [0.3, 0.4) is 0 Å². The molecule has 0 heterocycles. The number of carboxylic acids is 1. The molecule has 1 aliphatic carbocycles. The molecular weight excluding hydrogens is 432 g/mol. The second-order valence-electron chi connectivity index (χ2n) is 9.44. The summed E-state index contributed by atoms with van der Waals surface area (Å²) in [7, 11) is 0. The number of hydrogen-bond donors (Lipinski definition) is 3. The Kier molecular flexibility index (Phi) is 8.68. The molecule has 0 saturated heterocycles. The van der Waals surface area contributed by atoms with Crippen LogP contribution in [0.15, 0.2) is 48.5 Å². The fourth-order valence-corrected chi connectivity index (χ4v) is 4.43. The summed E-state index contributed by atoms with van der Waals surface area (Å²) < 4.78 is 5.52. The van der Waals surface area contributed by atoms with Crippen LogP contribution < -0.4 is 10.6 Å². The minimum absolute atomic E-state index is 0.00814. The molecule has 0 fully saturated rings. The van der Waals surface area contributed by atoms with Gasteiger partial charge in [-0.25, -0.2) is 9.59 Å². The van der Waals surface area contributed by atoms with E-state index in [-0.39, 0.29) is 36.7 Å². The normalized spacial score (nSPS) is 14.1. The third-order valence-electron chi connectivity index (χ3n) is 6.12. The first-order valence-corrected chi connectivity index (χ1v) is 11.9. The Labute approximate surface area is 200 Å². The van der Waals surface area contributed by atoms with Gasteiger partial charge >= 0.3 is 12.1 Å². The SMILES string of the molecule is CC(C)C[C@@H](NC(=O)CC(C)CCNC(=O)OCC1c2ccccc2-c2ccccc21)C(=O)O. The van der Waals surface area contributed by atoms with E-state index < -0.39 is 18.1 Å². The number of fused-ring (bicyclic) bond motifs is 3. The zero-order valence-electron chi connectivity index (χ0n) is 20.0. The van der Waals surface area contributed by atoms with Crippen molar-refractivity contribution in [2.24, 2.45) is 11.8 Å². The number of ether oxygens (including phenoxy) is 1. The smallest absolute Gasteiger partial charge is 0.407 e. The highest BCUT2D eigenvalue weighted by Gasteiger charge is 2.29. The van der Waals surface area contributed by atoms with E-state index in [9.17, 15) is 19.5 Å². The van der Waals surface area contributed by atoms with Crippen molar-refractivity contribution in [1.29, 1.82) is 0 Å². The zero-order valence-corrected chi connectivity index (χ0v) is 20.0. The Morgan fingerprint density at radius 1 is 0.971 bits per heavy atom. The van der Waals surface area contributed by atoms with Crippen LogP contribution in [0.1, 0.15) is 57.1 Å². The van der Waals surface area contributed by atoms with Gasteiger partial charge < -0.3 is 20.5 Å². The van der Waals surface area contributed by atoms with Gasteiger partial charge in [-0.1, -0.05) is 69.3 Å². The maximum Gasteiger partial charge on any atom is 0.407 e. The molecule has 1 unspecified atom stereocenters. The monoisotopic (exact) mass is 466 g/mol. The summed E-state index contributed by atoms with van der Waals surface area (Å²) in [6.07, 6.45) is 0.688. The zero-order chi connectivity index (χ0) is 24.7. The number of hydrogen-bond acceptors (Lipinski definition) is 4. The second-order valence-corrected chi connectivity index (χ2v) is 9.44. The maximum absolute atomic E-state index is 12.3. The van der Waals surface area contributed by atoms with Crippen molar-refractivity contribution in [3.05, 3.63) is 59.7 Å². The van der Waals surface area contributed by atoms with E-state index in [4.69, 9.17) is 4.74 Å². The summed E-state index contributed by atoms with van der Waals surface area (Å²) in [6, 6.07) is 15.5. The molecule has 1 aliphatic rings. The molecule has 2 amide bonds. The Hall–Kier alpha value is -3.35. The van der Waals surface area contributed by atoms with Crippen molar-refractivity contribution in [2.45, 2.75) is 52.0 Å². The highest BCUT2D eigenvalue weighted by Crippen LogP contribution is 2.44. The van der Waals surface area contributed by atoms with E-state index in [0.29, 0.717) is 19.4 Å². The molecule has 7 heteroatoms. The quantitative estimate of drug-likeness (QED) is 0.450. The summed E-state index contributed by atoms with van der Waals surface area (Å²) in [6.45, 7) is 6.36. The fourth-order valence-electron chi connectivity index (χ4n) is 4.43. The van der Waals surface area contributed by atoms with Crippen molar-refractivity contribution in [1.82, 2.24) is 10.6 Å². The number of nitrogens with one attached hydrogen (secondary N) is 2. The predicted octanol–water partition coefficient (Wildman–Crippen LogP) is 4.56. The van der Waals surface area contributed by atoms with Gasteiger partial charge in [0, 0.05) is 18.9 Å².